The number of anilines is 1. The predicted molar refractivity (Wildman–Crippen MR) is 82.8 cm³/mol. The molecule has 1 heterocycles. The summed E-state index contributed by atoms with van der Waals surface area (Å²) < 4.78 is 23.6. The molecule has 23 heavy (non-hydrogen) atoms. The van der Waals surface area contributed by atoms with Crippen molar-refractivity contribution in [1.29, 1.82) is 0 Å². The molecule has 2 rings (SSSR count). The van der Waals surface area contributed by atoms with E-state index in [-0.39, 0.29) is 0 Å². The van der Waals surface area contributed by atoms with Crippen molar-refractivity contribution in [2.45, 2.75) is 33.8 Å². The minimum absolute atomic E-state index is 0.296. The molecule has 0 radical (unpaired) electrons. The Balaban J connectivity index is 2.04. The fraction of sp³-hybridized carbons (Fsp3) is 0.294. The molecular formula is C17H18FNO4. The van der Waals surface area contributed by atoms with Gasteiger partial charge in [0.25, 0.3) is 5.91 Å². The van der Waals surface area contributed by atoms with Gasteiger partial charge in [0.15, 0.2) is 6.10 Å². The number of carbonyl (C=O) groups excluding carboxylic acids is 2. The van der Waals surface area contributed by atoms with Crippen LogP contribution in [0.15, 0.2) is 28.7 Å². The summed E-state index contributed by atoms with van der Waals surface area (Å²) in [5.41, 5.74) is 1.31. The van der Waals surface area contributed by atoms with Crippen LogP contribution in [0.25, 0.3) is 0 Å². The standard InChI is InChI=1S/C17H18FNO4/c1-9-10(2)22-11(3)15(9)17(21)23-12(4)16(20)19-14-7-5-6-13(18)8-14/h5-8,12H,1-4H3,(H,19,20)/t12-/m1/s1. The van der Waals surface area contributed by atoms with Gasteiger partial charge in [0.1, 0.15) is 22.9 Å². The smallest absolute Gasteiger partial charge is 0.342 e. The van der Waals surface area contributed by atoms with E-state index in [1.165, 1.54) is 25.1 Å². The second-order valence-corrected chi connectivity index (χ2v) is 5.26. The molecular weight excluding hydrogens is 301 g/mol. The SMILES string of the molecule is Cc1oc(C)c(C(=O)O[C@H](C)C(=O)Nc2cccc(F)c2)c1C. The second kappa shape index (κ2) is 6.64. The van der Waals surface area contributed by atoms with Crippen LogP contribution in [-0.2, 0) is 9.53 Å². The Morgan fingerprint density at radius 3 is 2.48 bits per heavy atom. The van der Waals surface area contributed by atoms with E-state index in [2.05, 4.69) is 5.32 Å². The molecule has 0 aliphatic heterocycles. The summed E-state index contributed by atoms with van der Waals surface area (Å²) in [6.45, 7) is 6.61. The summed E-state index contributed by atoms with van der Waals surface area (Å²) in [7, 11) is 0. The fourth-order valence-corrected chi connectivity index (χ4v) is 2.18. The normalized spacial score (nSPS) is 11.9. The maximum Gasteiger partial charge on any atom is 0.342 e. The first kappa shape index (κ1) is 16.7. The monoisotopic (exact) mass is 319 g/mol. The Labute approximate surface area is 133 Å². The van der Waals surface area contributed by atoms with Crippen LogP contribution in [0.5, 0.6) is 0 Å². The van der Waals surface area contributed by atoms with Crippen LogP contribution >= 0.6 is 0 Å². The zero-order valence-corrected chi connectivity index (χ0v) is 13.4. The van der Waals surface area contributed by atoms with Gasteiger partial charge in [-0.05, 0) is 45.9 Å². The van der Waals surface area contributed by atoms with Gasteiger partial charge in [0.2, 0.25) is 0 Å². The summed E-state index contributed by atoms with van der Waals surface area (Å²) in [4.78, 5) is 24.2. The average Bonchev–Trinajstić information content (AvgIpc) is 2.71. The summed E-state index contributed by atoms with van der Waals surface area (Å²) in [6.07, 6.45) is -1.03. The Morgan fingerprint density at radius 1 is 1.22 bits per heavy atom. The number of aryl methyl sites for hydroxylation is 2. The maximum atomic E-state index is 13.1. The molecule has 1 aromatic carbocycles. The van der Waals surface area contributed by atoms with Gasteiger partial charge in [-0.15, -0.1) is 0 Å². The lowest BCUT2D eigenvalue weighted by Gasteiger charge is -2.13. The molecule has 0 aliphatic rings. The number of benzene rings is 1. The molecule has 1 aromatic heterocycles. The number of esters is 1. The molecule has 0 aliphatic carbocycles. The molecule has 0 unspecified atom stereocenters. The van der Waals surface area contributed by atoms with Crippen molar-refractivity contribution in [3.05, 3.63) is 52.7 Å². The third kappa shape index (κ3) is 3.77. The Bertz CT molecular complexity index is 751. The van der Waals surface area contributed by atoms with Crippen molar-refractivity contribution in [2.75, 3.05) is 5.32 Å². The highest BCUT2D eigenvalue weighted by Crippen LogP contribution is 2.22. The van der Waals surface area contributed by atoms with Gasteiger partial charge in [-0.2, -0.15) is 0 Å². The van der Waals surface area contributed by atoms with Gasteiger partial charge in [-0.25, -0.2) is 9.18 Å². The topological polar surface area (TPSA) is 68.5 Å². The number of carbonyl (C=O) groups is 2. The summed E-state index contributed by atoms with van der Waals surface area (Å²) in [6, 6.07) is 5.47. The van der Waals surface area contributed by atoms with E-state index < -0.39 is 23.8 Å². The van der Waals surface area contributed by atoms with E-state index in [1.54, 1.807) is 26.8 Å². The van der Waals surface area contributed by atoms with E-state index in [0.717, 1.165) is 0 Å². The first-order chi connectivity index (χ1) is 10.8. The quantitative estimate of drug-likeness (QED) is 0.875. The molecule has 2 aromatic rings. The number of hydrogen-bond donors (Lipinski definition) is 1. The van der Waals surface area contributed by atoms with Crippen molar-refractivity contribution >= 4 is 17.6 Å². The van der Waals surface area contributed by atoms with Gasteiger partial charge in [-0.3, -0.25) is 4.79 Å². The third-order valence-electron chi connectivity index (χ3n) is 3.51. The lowest BCUT2D eigenvalue weighted by molar-refractivity contribution is -0.123. The van der Waals surface area contributed by atoms with Gasteiger partial charge in [0, 0.05) is 11.3 Å². The lowest BCUT2D eigenvalue weighted by atomic mass is 10.1. The van der Waals surface area contributed by atoms with Gasteiger partial charge in [0.05, 0.1) is 0 Å². The lowest BCUT2D eigenvalue weighted by Crippen LogP contribution is -2.30. The molecule has 6 heteroatoms. The van der Waals surface area contributed by atoms with Crippen molar-refractivity contribution in [2.24, 2.45) is 0 Å². The molecule has 0 saturated carbocycles. The van der Waals surface area contributed by atoms with Gasteiger partial charge >= 0.3 is 5.97 Å². The zero-order valence-electron chi connectivity index (χ0n) is 13.4. The number of halogens is 1. The number of hydrogen-bond acceptors (Lipinski definition) is 4. The van der Waals surface area contributed by atoms with Crippen LogP contribution in [-0.4, -0.2) is 18.0 Å². The summed E-state index contributed by atoms with van der Waals surface area (Å²) in [5.74, 6) is -0.556. The maximum absolute atomic E-state index is 13.1. The van der Waals surface area contributed by atoms with E-state index in [4.69, 9.17) is 9.15 Å². The molecule has 1 N–H and O–H groups in total. The minimum atomic E-state index is -1.03. The van der Waals surface area contributed by atoms with Crippen molar-refractivity contribution in [3.63, 3.8) is 0 Å². The second-order valence-electron chi connectivity index (χ2n) is 5.26. The van der Waals surface area contributed by atoms with Crippen molar-refractivity contribution in [1.82, 2.24) is 0 Å². The van der Waals surface area contributed by atoms with Crippen LogP contribution in [0.3, 0.4) is 0 Å². The Hall–Kier alpha value is -2.63. The highest BCUT2D eigenvalue weighted by atomic mass is 19.1. The number of rotatable bonds is 4. The summed E-state index contributed by atoms with van der Waals surface area (Å²) >= 11 is 0. The molecule has 0 fully saturated rings. The first-order valence-electron chi connectivity index (χ1n) is 7.13. The minimum Gasteiger partial charge on any atom is -0.465 e. The molecule has 1 atom stereocenters. The number of nitrogens with one attached hydrogen (secondary N) is 1. The highest BCUT2D eigenvalue weighted by Gasteiger charge is 2.24. The van der Waals surface area contributed by atoms with Gasteiger partial charge in [-0.1, -0.05) is 6.07 Å². The Morgan fingerprint density at radius 2 is 1.91 bits per heavy atom. The molecule has 0 spiro atoms. The van der Waals surface area contributed by atoms with Crippen molar-refractivity contribution in [3.8, 4) is 0 Å². The van der Waals surface area contributed by atoms with E-state index in [9.17, 15) is 14.0 Å². The zero-order chi connectivity index (χ0) is 17.1. The fourth-order valence-electron chi connectivity index (χ4n) is 2.18. The van der Waals surface area contributed by atoms with Crippen LogP contribution in [0, 0.1) is 26.6 Å². The largest absolute Gasteiger partial charge is 0.465 e. The number of furan rings is 1. The summed E-state index contributed by atoms with van der Waals surface area (Å²) in [5, 5.41) is 2.49. The van der Waals surface area contributed by atoms with E-state index in [0.29, 0.717) is 28.3 Å². The van der Waals surface area contributed by atoms with Crippen LogP contribution in [0.4, 0.5) is 10.1 Å². The molecule has 1 amide bonds. The van der Waals surface area contributed by atoms with E-state index >= 15 is 0 Å². The Kier molecular flexibility index (Phi) is 4.83. The highest BCUT2D eigenvalue weighted by molar-refractivity contribution is 5.98. The molecule has 5 nitrogen and oxygen atoms in total. The molecule has 0 saturated heterocycles. The average molecular weight is 319 g/mol. The van der Waals surface area contributed by atoms with Crippen molar-refractivity contribution < 1.29 is 23.1 Å². The van der Waals surface area contributed by atoms with Crippen LogP contribution < -0.4 is 5.32 Å². The van der Waals surface area contributed by atoms with Gasteiger partial charge < -0.3 is 14.5 Å². The molecule has 0 bridgehead atoms. The van der Waals surface area contributed by atoms with Crippen LogP contribution in [0.2, 0.25) is 0 Å². The number of amides is 1. The van der Waals surface area contributed by atoms with E-state index in [1.807, 2.05) is 0 Å². The predicted octanol–water partition coefficient (Wildman–Crippen LogP) is 3.53. The third-order valence-corrected chi connectivity index (χ3v) is 3.51. The number of ether oxygens (including phenoxy) is 1. The van der Waals surface area contributed by atoms with Crippen LogP contribution in [0.1, 0.15) is 34.4 Å². The molecule has 122 valence electrons. The first-order valence-corrected chi connectivity index (χ1v) is 7.13.